The number of rotatable bonds is 4. The predicted octanol–water partition coefficient (Wildman–Crippen LogP) is 5.92. The molecule has 2 heteroatoms. The maximum atomic E-state index is 11.0. The maximum absolute atomic E-state index is 11.0. The molecule has 0 aliphatic rings. The van der Waals surface area contributed by atoms with Crippen LogP contribution >= 0.6 is 0 Å². The number of carbonyl (C=O) groups is 1. The molecule has 3 aromatic carbocycles. The van der Waals surface area contributed by atoms with Gasteiger partial charge in [0.2, 0.25) is 0 Å². The topological polar surface area (TPSA) is 26.3 Å². The molecule has 0 spiro atoms. The molecule has 3 rings (SSSR count). The van der Waals surface area contributed by atoms with Crippen LogP contribution in [0, 0.1) is 0 Å². The lowest BCUT2D eigenvalue weighted by molar-refractivity contribution is -0.130. The van der Waals surface area contributed by atoms with Crippen LogP contribution in [0.1, 0.15) is 18.1 Å². The Kier molecular flexibility index (Phi) is 7.14. The average Bonchev–Trinajstić information content (AvgIpc) is 2.70. The molecule has 0 bridgehead atoms. The molecule has 0 amide bonds. The zero-order chi connectivity index (χ0) is 18.8. The van der Waals surface area contributed by atoms with Gasteiger partial charge in [-0.1, -0.05) is 92.0 Å². The fraction of sp³-hybridized carbons (Fsp3) is 0.0417. The van der Waals surface area contributed by atoms with Gasteiger partial charge in [0.15, 0.2) is 0 Å². The van der Waals surface area contributed by atoms with Crippen molar-refractivity contribution in [1.29, 1.82) is 0 Å². The third kappa shape index (κ3) is 5.91. The van der Waals surface area contributed by atoms with Gasteiger partial charge in [-0.15, -0.1) is 0 Å². The Balaban J connectivity index is 0.000000190. The maximum Gasteiger partial charge on any atom is 0.338 e. The van der Waals surface area contributed by atoms with E-state index >= 15 is 0 Å². The van der Waals surface area contributed by atoms with E-state index in [0.29, 0.717) is 11.3 Å². The Morgan fingerprint density at radius 2 is 1.08 bits per heavy atom. The second-order valence-corrected chi connectivity index (χ2v) is 5.69. The SMILES string of the molecule is C=C(C)C(=O)Oc1ccccc1.C=C(c1ccccc1)c1ccccc1. The second-order valence-electron chi connectivity index (χ2n) is 5.69. The number of hydrogen-bond donors (Lipinski definition) is 0. The van der Waals surface area contributed by atoms with Gasteiger partial charge in [0.05, 0.1) is 0 Å². The number of hydrogen-bond acceptors (Lipinski definition) is 2. The minimum Gasteiger partial charge on any atom is -0.423 e. The summed E-state index contributed by atoms with van der Waals surface area (Å²) >= 11 is 0. The lowest BCUT2D eigenvalue weighted by atomic mass is 10.0. The molecule has 0 radical (unpaired) electrons. The molecule has 0 atom stereocenters. The third-order valence-electron chi connectivity index (χ3n) is 3.55. The van der Waals surface area contributed by atoms with Gasteiger partial charge >= 0.3 is 5.97 Å². The van der Waals surface area contributed by atoms with E-state index in [4.69, 9.17) is 4.74 Å². The fourth-order valence-corrected chi connectivity index (χ4v) is 2.13. The van der Waals surface area contributed by atoms with Gasteiger partial charge in [-0.25, -0.2) is 4.79 Å². The molecular weight excluding hydrogens is 320 g/mol. The summed E-state index contributed by atoms with van der Waals surface area (Å²) in [6, 6.07) is 29.4. The fourth-order valence-electron chi connectivity index (χ4n) is 2.13. The average molecular weight is 342 g/mol. The van der Waals surface area contributed by atoms with E-state index in [-0.39, 0.29) is 5.97 Å². The summed E-state index contributed by atoms with van der Waals surface area (Å²) in [4.78, 5) is 11.0. The van der Waals surface area contributed by atoms with Crippen LogP contribution in [0.4, 0.5) is 0 Å². The molecule has 0 unspecified atom stereocenters. The Bertz CT molecular complexity index is 809. The number of para-hydroxylation sites is 1. The van der Waals surface area contributed by atoms with E-state index in [1.165, 1.54) is 11.1 Å². The van der Waals surface area contributed by atoms with Crippen LogP contribution in [-0.4, -0.2) is 5.97 Å². The highest BCUT2D eigenvalue weighted by atomic mass is 16.5. The van der Waals surface area contributed by atoms with E-state index in [1.54, 1.807) is 31.2 Å². The number of esters is 1. The summed E-state index contributed by atoms with van der Waals surface area (Å²) in [5, 5.41) is 0. The molecule has 0 heterocycles. The van der Waals surface area contributed by atoms with Crippen molar-refractivity contribution in [2.24, 2.45) is 0 Å². The Hall–Kier alpha value is -3.39. The quantitative estimate of drug-likeness (QED) is 0.334. The smallest absolute Gasteiger partial charge is 0.338 e. The highest BCUT2D eigenvalue weighted by Crippen LogP contribution is 2.20. The highest BCUT2D eigenvalue weighted by molar-refractivity contribution is 5.88. The van der Waals surface area contributed by atoms with Gasteiger partial charge in [-0.2, -0.15) is 0 Å². The van der Waals surface area contributed by atoms with E-state index in [1.807, 2.05) is 42.5 Å². The van der Waals surface area contributed by atoms with Crippen molar-refractivity contribution in [2.45, 2.75) is 6.92 Å². The number of ether oxygens (including phenoxy) is 1. The van der Waals surface area contributed by atoms with Gasteiger partial charge in [0.1, 0.15) is 5.75 Å². The summed E-state index contributed by atoms with van der Waals surface area (Å²) in [5.41, 5.74) is 3.84. The molecule has 130 valence electrons. The Labute approximate surface area is 155 Å². The molecule has 0 aliphatic carbocycles. The van der Waals surface area contributed by atoms with E-state index < -0.39 is 0 Å². The zero-order valence-electron chi connectivity index (χ0n) is 14.9. The molecule has 0 saturated heterocycles. The van der Waals surface area contributed by atoms with Gasteiger partial charge < -0.3 is 4.74 Å². The molecule has 0 aromatic heterocycles. The summed E-state index contributed by atoms with van der Waals surface area (Å²) in [6.07, 6.45) is 0. The number of benzene rings is 3. The van der Waals surface area contributed by atoms with Crippen molar-refractivity contribution in [3.8, 4) is 5.75 Å². The van der Waals surface area contributed by atoms with E-state index in [9.17, 15) is 4.79 Å². The first-order valence-corrected chi connectivity index (χ1v) is 8.30. The predicted molar refractivity (Wildman–Crippen MR) is 108 cm³/mol. The van der Waals surface area contributed by atoms with Crippen molar-refractivity contribution in [2.75, 3.05) is 0 Å². The molecular formula is C24H22O2. The summed E-state index contributed by atoms with van der Waals surface area (Å²) in [7, 11) is 0. The summed E-state index contributed by atoms with van der Waals surface area (Å²) in [6.45, 7) is 9.19. The second kappa shape index (κ2) is 9.80. The van der Waals surface area contributed by atoms with Crippen LogP contribution in [0.5, 0.6) is 5.75 Å². The molecule has 0 fully saturated rings. The Morgan fingerprint density at radius 1 is 0.692 bits per heavy atom. The Morgan fingerprint density at radius 3 is 1.46 bits per heavy atom. The molecule has 26 heavy (non-hydrogen) atoms. The van der Waals surface area contributed by atoms with Crippen molar-refractivity contribution in [1.82, 2.24) is 0 Å². The summed E-state index contributed by atoms with van der Waals surface area (Å²) in [5.74, 6) is 0.159. The lowest BCUT2D eigenvalue weighted by Gasteiger charge is -2.04. The van der Waals surface area contributed by atoms with Crippen LogP contribution in [0.2, 0.25) is 0 Å². The van der Waals surface area contributed by atoms with Gasteiger partial charge in [-0.05, 0) is 35.8 Å². The largest absolute Gasteiger partial charge is 0.423 e. The molecule has 0 aliphatic heterocycles. The van der Waals surface area contributed by atoms with Crippen molar-refractivity contribution in [3.63, 3.8) is 0 Å². The zero-order valence-corrected chi connectivity index (χ0v) is 14.9. The van der Waals surface area contributed by atoms with Crippen LogP contribution < -0.4 is 4.74 Å². The molecule has 0 N–H and O–H groups in total. The van der Waals surface area contributed by atoms with Crippen LogP contribution in [-0.2, 0) is 4.79 Å². The van der Waals surface area contributed by atoms with Crippen molar-refractivity contribution >= 4 is 11.5 Å². The monoisotopic (exact) mass is 342 g/mol. The molecule has 3 aromatic rings. The van der Waals surface area contributed by atoms with Gasteiger partial charge in [0.25, 0.3) is 0 Å². The number of carbonyl (C=O) groups excluding carboxylic acids is 1. The van der Waals surface area contributed by atoms with Crippen LogP contribution in [0.3, 0.4) is 0 Å². The van der Waals surface area contributed by atoms with Gasteiger partial charge in [0, 0.05) is 5.57 Å². The first kappa shape index (κ1) is 18.9. The van der Waals surface area contributed by atoms with Gasteiger partial charge in [-0.3, -0.25) is 0 Å². The highest BCUT2D eigenvalue weighted by Gasteiger charge is 2.03. The van der Waals surface area contributed by atoms with E-state index in [0.717, 1.165) is 5.57 Å². The standard InChI is InChI=1S/C14H12.C10H10O2/c1-12(13-8-4-2-5-9-13)14-10-6-3-7-11-14;1-8(2)10(11)12-9-6-4-3-5-7-9/h2-11H,1H2;3-7H,1H2,2H3. The van der Waals surface area contributed by atoms with Crippen LogP contribution in [0.15, 0.2) is 110 Å². The minimum absolute atomic E-state index is 0.388. The van der Waals surface area contributed by atoms with Crippen molar-refractivity contribution in [3.05, 3.63) is 121 Å². The molecule has 2 nitrogen and oxygen atoms in total. The third-order valence-corrected chi connectivity index (χ3v) is 3.55. The van der Waals surface area contributed by atoms with E-state index in [2.05, 4.69) is 37.4 Å². The minimum atomic E-state index is -0.388. The van der Waals surface area contributed by atoms with Crippen molar-refractivity contribution < 1.29 is 9.53 Å². The first-order chi connectivity index (χ1) is 12.6. The van der Waals surface area contributed by atoms with Crippen LogP contribution in [0.25, 0.3) is 5.57 Å². The normalized spacial score (nSPS) is 9.42. The first-order valence-electron chi connectivity index (χ1n) is 8.30. The lowest BCUT2D eigenvalue weighted by Crippen LogP contribution is -2.07. The molecule has 0 saturated carbocycles. The summed E-state index contributed by atoms with van der Waals surface area (Å²) < 4.78 is 4.94.